The summed E-state index contributed by atoms with van der Waals surface area (Å²) in [6.45, 7) is 0.0776. The molecule has 1 aliphatic carbocycles. The Bertz CT molecular complexity index is 1130. The van der Waals surface area contributed by atoms with Crippen molar-refractivity contribution in [3.8, 4) is 16.9 Å². The normalized spacial score (nSPS) is 17.0. The van der Waals surface area contributed by atoms with E-state index in [1.807, 2.05) is 48.5 Å². The molecule has 0 bridgehead atoms. The van der Waals surface area contributed by atoms with Gasteiger partial charge in [-0.1, -0.05) is 66.7 Å². The number of benzene rings is 3. The average Bonchev–Trinajstić information content (AvgIpc) is 3.36. The number of hydrogen-bond acceptors (Lipinski definition) is 5. The molecule has 5 rings (SSSR count). The first-order chi connectivity index (χ1) is 15.7. The Kier molecular flexibility index (Phi) is 5.27. The first-order valence-corrected chi connectivity index (χ1v) is 10.6. The van der Waals surface area contributed by atoms with E-state index in [2.05, 4.69) is 24.3 Å². The highest BCUT2D eigenvalue weighted by molar-refractivity contribution is 5.84. The zero-order valence-corrected chi connectivity index (χ0v) is 17.7. The summed E-state index contributed by atoms with van der Waals surface area (Å²) in [6.07, 6.45) is -0.259. The van der Waals surface area contributed by atoms with Gasteiger partial charge in [0.2, 0.25) is 0 Å². The van der Waals surface area contributed by atoms with Crippen LogP contribution in [0.2, 0.25) is 0 Å². The maximum atomic E-state index is 13.0. The quantitative estimate of drug-likeness (QED) is 0.564. The molecular weight excluding hydrogens is 406 g/mol. The molecule has 1 amide bonds. The number of fused-ring (bicyclic) bond motifs is 3. The van der Waals surface area contributed by atoms with Crippen molar-refractivity contribution in [3.63, 3.8) is 0 Å². The second-order valence-electron chi connectivity index (χ2n) is 7.90. The van der Waals surface area contributed by atoms with E-state index in [1.54, 1.807) is 7.11 Å². The van der Waals surface area contributed by atoms with E-state index in [1.165, 1.54) is 4.90 Å². The predicted molar refractivity (Wildman–Crippen MR) is 118 cm³/mol. The third-order valence-corrected chi connectivity index (χ3v) is 6.17. The highest BCUT2D eigenvalue weighted by atomic mass is 16.6. The van der Waals surface area contributed by atoms with Crippen LogP contribution in [0.25, 0.3) is 11.1 Å². The average molecular weight is 429 g/mol. The molecule has 0 N–H and O–H groups in total. The minimum Gasteiger partial charge on any atom is -0.496 e. The molecular formula is C26H23NO5. The minimum absolute atomic E-state index is 0.0433. The predicted octanol–water partition coefficient (Wildman–Crippen LogP) is 4.37. The lowest BCUT2D eigenvalue weighted by atomic mass is 9.98. The lowest BCUT2D eigenvalue weighted by molar-refractivity contribution is -0.139. The number of methoxy groups -OCH3 is 1. The molecule has 3 aromatic carbocycles. The number of amides is 1. The lowest BCUT2D eigenvalue weighted by Gasteiger charge is -2.22. The second-order valence-corrected chi connectivity index (χ2v) is 7.90. The van der Waals surface area contributed by atoms with E-state index < -0.39 is 18.1 Å². The Morgan fingerprint density at radius 2 is 1.59 bits per heavy atom. The monoisotopic (exact) mass is 429 g/mol. The topological polar surface area (TPSA) is 65.1 Å². The maximum Gasteiger partial charge on any atom is 0.413 e. The fraction of sp³-hybridized carbons (Fsp3) is 0.231. The van der Waals surface area contributed by atoms with Gasteiger partial charge in [-0.25, -0.2) is 9.59 Å². The zero-order valence-electron chi connectivity index (χ0n) is 17.7. The van der Waals surface area contributed by atoms with Crippen LogP contribution in [0.3, 0.4) is 0 Å². The molecule has 1 fully saturated rings. The molecule has 0 spiro atoms. The summed E-state index contributed by atoms with van der Waals surface area (Å²) in [5, 5.41) is 0. The largest absolute Gasteiger partial charge is 0.496 e. The standard InChI is InChI=1S/C26H23NO5/c1-30-24-13-7-2-8-17(24)14-23-25(28)32-16-27(23)26(29)31-15-22-20-11-5-3-9-18(20)19-10-4-6-12-21(19)22/h2-13,22-23H,14-16H2,1H3. The first-order valence-electron chi connectivity index (χ1n) is 10.6. The van der Waals surface area contributed by atoms with Crippen molar-refractivity contribution in [2.24, 2.45) is 0 Å². The van der Waals surface area contributed by atoms with Gasteiger partial charge in [-0.3, -0.25) is 4.90 Å². The van der Waals surface area contributed by atoms with Gasteiger partial charge in [0.05, 0.1) is 7.11 Å². The first kappa shape index (κ1) is 20.1. The van der Waals surface area contributed by atoms with Gasteiger partial charge in [-0.05, 0) is 33.9 Å². The van der Waals surface area contributed by atoms with Gasteiger partial charge < -0.3 is 14.2 Å². The molecule has 3 aromatic rings. The van der Waals surface area contributed by atoms with E-state index in [-0.39, 0.29) is 19.3 Å². The van der Waals surface area contributed by atoms with Gasteiger partial charge in [0.1, 0.15) is 18.4 Å². The van der Waals surface area contributed by atoms with E-state index in [9.17, 15) is 9.59 Å². The number of cyclic esters (lactones) is 1. The number of carbonyl (C=O) groups is 2. The third kappa shape index (κ3) is 3.47. The van der Waals surface area contributed by atoms with Crippen LogP contribution in [-0.2, 0) is 20.7 Å². The van der Waals surface area contributed by atoms with Crippen molar-refractivity contribution >= 4 is 12.1 Å². The summed E-state index contributed by atoms with van der Waals surface area (Å²) in [7, 11) is 1.58. The molecule has 6 heteroatoms. The fourth-order valence-corrected chi connectivity index (χ4v) is 4.58. The highest BCUT2D eigenvalue weighted by Gasteiger charge is 2.40. The van der Waals surface area contributed by atoms with Crippen molar-refractivity contribution in [3.05, 3.63) is 89.5 Å². The Hall–Kier alpha value is -3.80. The Morgan fingerprint density at radius 3 is 2.28 bits per heavy atom. The zero-order chi connectivity index (χ0) is 22.1. The number of ether oxygens (including phenoxy) is 3. The van der Waals surface area contributed by atoms with Gasteiger partial charge >= 0.3 is 12.1 Å². The smallest absolute Gasteiger partial charge is 0.413 e. The molecule has 6 nitrogen and oxygen atoms in total. The van der Waals surface area contributed by atoms with Crippen molar-refractivity contribution in [1.29, 1.82) is 0 Å². The van der Waals surface area contributed by atoms with Crippen LogP contribution >= 0.6 is 0 Å². The summed E-state index contributed by atoms with van der Waals surface area (Å²) >= 11 is 0. The number of carbonyl (C=O) groups excluding carboxylic acids is 2. The van der Waals surface area contributed by atoms with Gasteiger partial charge in [0.15, 0.2) is 6.73 Å². The highest BCUT2D eigenvalue weighted by Crippen LogP contribution is 2.44. The summed E-state index contributed by atoms with van der Waals surface area (Å²) in [5.74, 6) is 0.183. The van der Waals surface area contributed by atoms with Crippen molar-refractivity contribution in [1.82, 2.24) is 4.90 Å². The Labute approximate surface area is 186 Å². The molecule has 1 saturated heterocycles. The van der Waals surface area contributed by atoms with Gasteiger partial charge in [-0.15, -0.1) is 0 Å². The molecule has 1 heterocycles. The van der Waals surface area contributed by atoms with Crippen LogP contribution in [0, 0.1) is 0 Å². The molecule has 162 valence electrons. The van der Waals surface area contributed by atoms with Crippen LogP contribution < -0.4 is 4.74 Å². The van der Waals surface area contributed by atoms with Crippen molar-refractivity contribution < 1.29 is 23.8 Å². The Morgan fingerprint density at radius 1 is 0.969 bits per heavy atom. The van der Waals surface area contributed by atoms with Gasteiger partial charge in [-0.2, -0.15) is 0 Å². The van der Waals surface area contributed by atoms with Crippen LogP contribution in [0.1, 0.15) is 22.6 Å². The van der Waals surface area contributed by atoms with E-state index in [4.69, 9.17) is 14.2 Å². The molecule has 1 aliphatic heterocycles. The third-order valence-electron chi connectivity index (χ3n) is 6.17. The number of hydrogen-bond donors (Lipinski definition) is 0. The summed E-state index contributed by atoms with van der Waals surface area (Å²) in [6, 6.07) is 23.0. The molecule has 1 atom stereocenters. The number of rotatable bonds is 5. The number of nitrogens with zero attached hydrogens (tertiary/aromatic N) is 1. The molecule has 2 aliphatic rings. The van der Waals surface area contributed by atoms with Crippen LogP contribution in [0.5, 0.6) is 5.75 Å². The maximum absolute atomic E-state index is 13.0. The molecule has 0 saturated carbocycles. The fourth-order valence-electron chi connectivity index (χ4n) is 4.58. The Balaban J connectivity index is 1.32. The minimum atomic E-state index is -0.748. The van der Waals surface area contributed by atoms with E-state index in [0.29, 0.717) is 12.2 Å². The van der Waals surface area contributed by atoms with Crippen LogP contribution in [0.15, 0.2) is 72.8 Å². The summed E-state index contributed by atoms with van der Waals surface area (Å²) in [4.78, 5) is 26.7. The lowest BCUT2D eigenvalue weighted by Crippen LogP contribution is -2.40. The van der Waals surface area contributed by atoms with E-state index >= 15 is 0 Å². The molecule has 1 unspecified atom stereocenters. The van der Waals surface area contributed by atoms with E-state index in [0.717, 1.165) is 27.8 Å². The van der Waals surface area contributed by atoms with Crippen molar-refractivity contribution in [2.75, 3.05) is 20.4 Å². The van der Waals surface area contributed by atoms with Gasteiger partial charge in [0.25, 0.3) is 0 Å². The molecule has 0 aromatic heterocycles. The van der Waals surface area contributed by atoms with Crippen LogP contribution in [-0.4, -0.2) is 43.5 Å². The number of esters is 1. The summed E-state index contributed by atoms with van der Waals surface area (Å²) in [5.41, 5.74) is 5.44. The molecule has 0 radical (unpaired) electrons. The summed E-state index contributed by atoms with van der Waals surface area (Å²) < 4.78 is 16.3. The van der Waals surface area contributed by atoms with Crippen LogP contribution in [0.4, 0.5) is 4.79 Å². The van der Waals surface area contributed by atoms with Crippen molar-refractivity contribution in [2.45, 2.75) is 18.4 Å². The number of para-hydroxylation sites is 1. The second kappa shape index (κ2) is 8.38. The molecule has 32 heavy (non-hydrogen) atoms. The SMILES string of the molecule is COc1ccccc1CC1C(=O)OCN1C(=O)OCC1c2ccccc2-c2ccccc21. The van der Waals surface area contributed by atoms with Gasteiger partial charge in [0, 0.05) is 12.3 Å².